The Balaban J connectivity index is 1.68. The molecular weight excluding hydrogens is 361 g/mol. The standard InChI is InChI=1S/C21H24FN3O3/c1-28-14-20(26)25-13-16(21(27)24-12-18-4-2-3-11-23-18)7-10-19(25)15-5-8-17(22)9-6-15/h2-6,8-9,11,16,19H,7,10,12-14H2,1H3,(H,24,27)/t16-,19-/m0/s1. The molecule has 1 aromatic heterocycles. The zero-order valence-electron chi connectivity index (χ0n) is 15.8. The second-order valence-electron chi connectivity index (χ2n) is 6.86. The van der Waals surface area contributed by atoms with E-state index in [1.54, 1.807) is 23.2 Å². The average molecular weight is 385 g/mol. The Kier molecular flexibility index (Phi) is 6.71. The molecule has 148 valence electrons. The Morgan fingerprint density at radius 3 is 2.68 bits per heavy atom. The molecule has 3 rings (SSSR count). The van der Waals surface area contributed by atoms with Crippen LogP contribution >= 0.6 is 0 Å². The Hall–Kier alpha value is -2.80. The first-order chi connectivity index (χ1) is 13.6. The molecule has 1 N–H and O–H groups in total. The number of methoxy groups -OCH3 is 1. The highest BCUT2D eigenvalue weighted by molar-refractivity contribution is 5.82. The minimum Gasteiger partial charge on any atom is -0.375 e. The fourth-order valence-corrected chi connectivity index (χ4v) is 3.52. The minimum absolute atomic E-state index is 0.0556. The molecule has 1 aliphatic heterocycles. The van der Waals surface area contributed by atoms with Crippen LogP contribution in [-0.2, 0) is 20.9 Å². The maximum absolute atomic E-state index is 13.3. The quantitative estimate of drug-likeness (QED) is 0.829. The maximum atomic E-state index is 13.3. The van der Waals surface area contributed by atoms with Gasteiger partial charge in [-0.1, -0.05) is 18.2 Å². The van der Waals surface area contributed by atoms with E-state index >= 15 is 0 Å². The molecule has 2 atom stereocenters. The molecule has 1 aromatic carbocycles. The van der Waals surface area contributed by atoms with Crippen molar-refractivity contribution in [1.29, 1.82) is 0 Å². The smallest absolute Gasteiger partial charge is 0.249 e. The minimum atomic E-state index is -0.318. The van der Waals surface area contributed by atoms with Crippen molar-refractivity contribution in [1.82, 2.24) is 15.2 Å². The summed E-state index contributed by atoms with van der Waals surface area (Å²) in [5.74, 6) is -0.903. The van der Waals surface area contributed by atoms with Crippen LogP contribution in [0.2, 0.25) is 0 Å². The van der Waals surface area contributed by atoms with Crippen LogP contribution in [-0.4, -0.2) is 42.0 Å². The van der Waals surface area contributed by atoms with Crippen molar-refractivity contribution in [3.63, 3.8) is 0 Å². The Morgan fingerprint density at radius 2 is 2.00 bits per heavy atom. The molecule has 1 saturated heterocycles. The number of aromatic nitrogens is 1. The van der Waals surface area contributed by atoms with Gasteiger partial charge < -0.3 is 15.0 Å². The predicted octanol–water partition coefficient (Wildman–Crippen LogP) is 2.46. The summed E-state index contributed by atoms with van der Waals surface area (Å²) >= 11 is 0. The summed E-state index contributed by atoms with van der Waals surface area (Å²) in [7, 11) is 1.46. The van der Waals surface area contributed by atoms with Gasteiger partial charge in [0.05, 0.1) is 24.2 Å². The van der Waals surface area contributed by atoms with Gasteiger partial charge in [0, 0.05) is 19.9 Å². The van der Waals surface area contributed by atoms with E-state index in [0.29, 0.717) is 25.9 Å². The number of pyridine rings is 1. The molecule has 2 aromatic rings. The highest BCUT2D eigenvalue weighted by Crippen LogP contribution is 2.33. The third-order valence-corrected chi connectivity index (χ3v) is 4.97. The van der Waals surface area contributed by atoms with Crippen LogP contribution in [0.25, 0.3) is 0 Å². The summed E-state index contributed by atoms with van der Waals surface area (Å²) in [6.45, 7) is 0.599. The van der Waals surface area contributed by atoms with Crippen LogP contribution in [0.1, 0.15) is 30.1 Å². The first-order valence-electron chi connectivity index (χ1n) is 9.30. The number of amides is 2. The van der Waals surface area contributed by atoms with Gasteiger partial charge >= 0.3 is 0 Å². The maximum Gasteiger partial charge on any atom is 0.249 e. The van der Waals surface area contributed by atoms with Gasteiger partial charge in [-0.2, -0.15) is 0 Å². The third-order valence-electron chi connectivity index (χ3n) is 4.97. The van der Waals surface area contributed by atoms with E-state index in [9.17, 15) is 14.0 Å². The molecule has 0 saturated carbocycles. The second kappa shape index (κ2) is 9.41. The number of rotatable bonds is 6. The van der Waals surface area contributed by atoms with Crippen molar-refractivity contribution in [2.45, 2.75) is 25.4 Å². The lowest BCUT2D eigenvalue weighted by atomic mass is 9.88. The number of benzene rings is 1. The van der Waals surface area contributed by atoms with Crippen molar-refractivity contribution in [3.05, 3.63) is 65.7 Å². The number of carbonyl (C=O) groups is 2. The van der Waals surface area contributed by atoms with Gasteiger partial charge in [-0.15, -0.1) is 0 Å². The largest absolute Gasteiger partial charge is 0.375 e. The summed E-state index contributed by atoms with van der Waals surface area (Å²) in [4.78, 5) is 31.1. The van der Waals surface area contributed by atoms with E-state index < -0.39 is 0 Å². The van der Waals surface area contributed by atoms with E-state index in [4.69, 9.17) is 4.74 Å². The number of ether oxygens (including phenoxy) is 1. The van der Waals surface area contributed by atoms with Crippen LogP contribution in [0.5, 0.6) is 0 Å². The molecule has 28 heavy (non-hydrogen) atoms. The van der Waals surface area contributed by atoms with E-state index in [-0.39, 0.29) is 36.2 Å². The number of carbonyl (C=O) groups excluding carboxylic acids is 2. The van der Waals surface area contributed by atoms with Gasteiger partial charge in [0.1, 0.15) is 12.4 Å². The van der Waals surface area contributed by atoms with E-state index in [1.165, 1.54) is 19.2 Å². The Bertz CT molecular complexity index is 798. The number of likely N-dealkylation sites (tertiary alicyclic amines) is 1. The number of nitrogens with zero attached hydrogens (tertiary/aromatic N) is 2. The summed E-state index contributed by atoms with van der Waals surface area (Å²) in [5.41, 5.74) is 1.64. The molecule has 7 heteroatoms. The topological polar surface area (TPSA) is 71.5 Å². The molecule has 1 aliphatic rings. The number of halogens is 1. The van der Waals surface area contributed by atoms with Crippen LogP contribution in [0, 0.1) is 11.7 Å². The van der Waals surface area contributed by atoms with Gasteiger partial charge in [0.2, 0.25) is 11.8 Å². The molecule has 2 amide bonds. The third kappa shape index (κ3) is 4.92. The Labute approximate surface area is 163 Å². The number of hydrogen-bond acceptors (Lipinski definition) is 4. The van der Waals surface area contributed by atoms with Gasteiger partial charge in [-0.05, 0) is 42.7 Å². The second-order valence-corrected chi connectivity index (χ2v) is 6.86. The van der Waals surface area contributed by atoms with Crippen molar-refractivity contribution >= 4 is 11.8 Å². The predicted molar refractivity (Wildman–Crippen MR) is 102 cm³/mol. The molecule has 0 bridgehead atoms. The summed E-state index contributed by atoms with van der Waals surface area (Å²) in [6.07, 6.45) is 2.95. The number of nitrogens with one attached hydrogen (secondary N) is 1. The Morgan fingerprint density at radius 1 is 1.21 bits per heavy atom. The van der Waals surface area contributed by atoms with Gasteiger partial charge in [-0.3, -0.25) is 14.6 Å². The zero-order valence-corrected chi connectivity index (χ0v) is 15.8. The lowest BCUT2D eigenvalue weighted by molar-refractivity contribution is -0.142. The fraction of sp³-hybridized carbons (Fsp3) is 0.381. The van der Waals surface area contributed by atoms with Gasteiger partial charge in [0.25, 0.3) is 0 Å². The van der Waals surface area contributed by atoms with E-state index in [2.05, 4.69) is 10.3 Å². The molecule has 0 radical (unpaired) electrons. The van der Waals surface area contributed by atoms with Crippen molar-refractivity contribution in [3.8, 4) is 0 Å². The van der Waals surface area contributed by atoms with Crippen LogP contribution < -0.4 is 5.32 Å². The number of piperidine rings is 1. The average Bonchev–Trinajstić information content (AvgIpc) is 2.73. The molecule has 0 spiro atoms. The highest BCUT2D eigenvalue weighted by atomic mass is 19.1. The van der Waals surface area contributed by atoms with E-state index in [0.717, 1.165) is 11.3 Å². The fourth-order valence-electron chi connectivity index (χ4n) is 3.52. The van der Waals surface area contributed by atoms with Crippen molar-refractivity contribution in [2.24, 2.45) is 5.92 Å². The zero-order chi connectivity index (χ0) is 19.9. The van der Waals surface area contributed by atoms with Crippen LogP contribution in [0.15, 0.2) is 48.7 Å². The van der Waals surface area contributed by atoms with Crippen LogP contribution in [0.4, 0.5) is 4.39 Å². The molecule has 6 nitrogen and oxygen atoms in total. The molecule has 0 unspecified atom stereocenters. The SMILES string of the molecule is COCC(=O)N1C[C@@H](C(=O)NCc2ccccn2)CC[C@H]1c1ccc(F)cc1. The van der Waals surface area contributed by atoms with Crippen molar-refractivity contribution < 1.29 is 18.7 Å². The van der Waals surface area contributed by atoms with Gasteiger partial charge in [0.15, 0.2) is 0 Å². The monoisotopic (exact) mass is 385 g/mol. The normalized spacial score (nSPS) is 19.3. The first-order valence-corrected chi connectivity index (χ1v) is 9.30. The van der Waals surface area contributed by atoms with Crippen LogP contribution in [0.3, 0.4) is 0 Å². The summed E-state index contributed by atoms with van der Waals surface area (Å²) in [6, 6.07) is 11.5. The lowest BCUT2D eigenvalue weighted by Crippen LogP contribution is -2.47. The number of hydrogen-bond donors (Lipinski definition) is 1. The highest BCUT2D eigenvalue weighted by Gasteiger charge is 2.35. The molecule has 2 heterocycles. The van der Waals surface area contributed by atoms with Gasteiger partial charge in [-0.25, -0.2) is 4.39 Å². The molecule has 0 aliphatic carbocycles. The molecular formula is C21H24FN3O3. The van der Waals surface area contributed by atoms with Crippen molar-refractivity contribution in [2.75, 3.05) is 20.3 Å². The lowest BCUT2D eigenvalue weighted by Gasteiger charge is -2.39. The summed E-state index contributed by atoms with van der Waals surface area (Å²) in [5, 5.41) is 2.90. The van der Waals surface area contributed by atoms with E-state index in [1.807, 2.05) is 18.2 Å². The molecule has 1 fully saturated rings. The summed E-state index contributed by atoms with van der Waals surface area (Å²) < 4.78 is 18.3. The first kappa shape index (κ1) is 19.9.